The van der Waals surface area contributed by atoms with Gasteiger partial charge in [0.05, 0.1) is 5.56 Å². The van der Waals surface area contributed by atoms with Crippen LogP contribution in [0, 0.1) is 0 Å². The van der Waals surface area contributed by atoms with Crippen LogP contribution in [-0.4, -0.2) is 11.1 Å². The maximum atomic E-state index is 10.3. The monoisotopic (exact) mass is 220 g/mol. The Hall–Kier alpha value is -0.397. The van der Waals surface area contributed by atoms with Crippen molar-refractivity contribution in [3.8, 4) is 0 Å². The Morgan fingerprint density at radius 3 is 2.45 bits per heavy atom. The van der Waals surface area contributed by atoms with Gasteiger partial charge in [0, 0.05) is 24.5 Å². The SMILES string of the molecule is O=C(O)c1cccc(Cl)c1.[Zn]. The van der Waals surface area contributed by atoms with E-state index in [0.717, 1.165) is 0 Å². The average Bonchev–Trinajstić information content (AvgIpc) is 1.88. The van der Waals surface area contributed by atoms with Gasteiger partial charge in [0.1, 0.15) is 0 Å². The van der Waals surface area contributed by atoms with Crippen molar-refractivity contribution in [1.29, 1.82) is 0 Å². The summed E-state index contributed by atoms with van der Waals surface area (Å²) in [5.41, 5.74) is 0.215. The molecule has 4 heteroatoms. The fourth-order valence-corrected chi connectivity index (χ4v) is 0.812. The summed E-state index contributed by atoms with van der Waals surface area (Å²) < 4.78 is 0. The Balaban J connectivity index is 0.000001000. The largest absolute Gasteiger partial charge is 0.478 e. The summed E-state index contributed by atoms with van der Waals surface area (Å²) in [5.74, 6) is -0.956. The van der Waals surface area contributed by atoms with Crippen LogP contribution in [-0.2, 0) is 19.5 Å². The zero-order chi connectivity index (χ0) is 7.56. The van der Waals surface area contributed by atoms with Crippen LogP contribution in [0.1, 0.15) is 10.4 Å². The van der Waals surface area contributed by atoms with E-state index >= 15 is 0 Å². The minimum atomic E-state index is -0.956. The molecule has 0 heterocycles. The molecule has 1 N–H and O–H groups in total. The molecule has 0 amide bonds. The number of aromatic carboxylic acids is 1. The third-order valence-corrected chi connectivity index (χ3v) is 1.31. The van der Waals surface area contributed by atoms with E-state index in [1.165, 1.54) is 12.1 Å². The molecule has 0 saturated carbocycles. The van der Waals surface area contributed by atoms with E-state index in [1.807, 2.05) is 0 Å². The molecule has 0 radical (unpaired) electrons. The predicted octanol–water partition coefficient (Wildman–Crippen LogP) is 2.04. The van der Waals surface area contributed by atoms with Gasteiger partial charge in [-0.25, -0.2) is 4.79 Å². The molecule has 1 aromatic rings. The van der Waals surface area contributed by atoms with Crippen molar-refractivity contribution in [3.63, 3.8) is 0 Å². The zero-order valence-electron chi connectivity index (χ0n) is 5.75. The van der Waals surface area contributed by atoms with E-state index < -0.39 is 5.97 Å². The number of rotatable bonds is 1. The van der Waals surface area contributed by atoms with Gasteiger partial charge in [0.15, 0.2) is 0 Å². The van der Waals surface area contributed by atoms with Crippen molar-refractivity contribution in [2.75, 3.05) is 0 Å². The van der Waals surface area contributed by atoms with Crippen LogP contribution in [0.3, 0.4) is 0 Å². The maximum absolute atomic E-state index is 10.3. The van der Waals surface area contributed by atoms with Crippen LogP contribution >= 0.6 is 11.6 Å². The second-order valence-corrected chi connectivity index (χ2v) is 2.25. The third kappa shape index (κ3) is 3.00. The average molecular weight is 222 g/mol. The number of hydrogen-bond acceptors (Lipinski definition) is 1. The van der Waals surface area contributed by atoms with E-state index in [-0.39, 0.29) is 25.0 Å². The number of carbonyl (C=O) groups is 1. The van der Waals surface area contributed by atoms with Gasteiger partial charge in [0.2, 0.25) is 0 Å². The molecule has 0 saturated heterocycles. The first kappa shape index (κ1) is 10.6. The molecule has 1 aromatic carbocycles. The summed E-state index contributed by atoms with van der Waals surface area (Å²) in [4.78, 5) is 10.3. The van der Waals surface area contributed by atoms with Crippen molar-refractivity contribution < 1.29 is 29.4 Å². The summed E-state index contributed by atoms with van der Waals surface area (Å²) >= 11 is 5.53. The topological polar surface area (TPSA) is 37.3 Å². The fraction of sp³-hybridized carbons (Fsp3) is 0. The van der Waals surface area contributed by atoms with Crippen molar-refractivity contribution in [3.05, 3.63) is 34.9 Å². The first-order valence-corrected chi connectivity index (χ1v) is 3.07. The van der Waals surface area contributed by atoms with Crippen LogP contribution in [0.15, 0.2) is 24.3 Å². The van der Waals surface area contributed by atoms with Crippen LogP contribution in [0.2, 0.25) is 5.02 Å². The van der Waals surface area contributed by atoms with Crippen molar-refractivity contribution in [2.24, 2.45) is 0 Å². The van der Waals surface area contributed by atoms with Crippen LogP contribution < -0.4 is 0 Å². The van der Waals surface area contributed by atoms with E-state index in [9.17, 15) is 4.79 Å². The molecule has 11 heavy (non-hydrogen) atoms. The molecule has 1 rings (SSSR count). The van der Waals surface area contributed by atoms with Crippen molar-refractivity contribution in [2.45, 2.75) is 0 Å². The third-order valence-electron chi connectivity index (χ3n) is 1.07. The van der Waals surface area contributed by atoms with Crippen molar-refractivity contribution in [1.82, 2.24) is 0 Å². The molecule has 0 atom stereocenters. The summed E-state index contributed by atoms with van der Waals surface area (Å²) in [6.45, 7) is 0. The van der Waals surface area contributed by atoms with Gasteiger partial charge in [0.25, 0.3) is 0 Å². The first-order valence-electron chi connectivity index (χ1n) is 2.69. The normalized spacial score (nSPS) is 8.45. The molecule has 0 spiro atoms. The van der Waals surface area contributed by atoms with E-state index in [1.54, 1.807) is 12.1 Å². The quantitative estimate of drug-likeness (QED) is 0.738. The Labute approximate surface area is 81.9 Å². The summed E-state index contributed by atoms with van der Waals surface area (Å²) in [7, 11) is 0. The molecule has 0 aliphatic heterocycles. The van der Waals surface area contributed by atoms with Gasteiger partial charge in [-0.3, -0.25) is 0 Å². The van der Waals surface area contributed by atoms with Gasteiger partial charge in [-0.05, 0) is 18.2 Å². The molecule has 2 nitrogen and oxygen atoms in total. The Bertz CT molecular complexity index is 262. The number of carboxylic acid groups (broad SMARTS) is 1. The van der Waals surface area contributed by atoms with Gasteiger partial charge in [-0.15, -0.1) is 0 Å². The van der Waals surface area contributed by atoms with Gasteiger partial charge in [-0.1, -0.05) is 17.7 Å². The Morgan fingerprint density at radius 1 is 1.45 bits per heavy atom. The standard InChI is InChI=1S/C7H5ClO2.Zn/c8-6-3-1-2-5(4-6)7(9)10;/h1-4H,(H,9,10);. The molecule has 0 unspecified atom stereocenters. The van der Waals surface area contributed by atoms with Crippen LogP contribution in [0.4, 0.5) is 0 Å². The molecular weight excluding hydrogens is 217 g/mol. The summed E-state index contributed by atoms with van der Waals surface area (Å²) in [6, 6.07) is 6.14. The Morgan fingerprint density at radius 2 is 2.09 bits per heavy atom. The number of hydrogen-bond donors (Lipinski definition) is 1. The smallest absolute Gasteiger partial charge is 0.335 e. The second kappa shape index (κ2) is 4.47. The van der Waals surface area contributed by atoms with E-state index in [0.29, 0.717) is 5.02 Å². The molecule has 0 aromatic heterocycles. The van der Waals surface area contributed by atoms with Gasteiger partial charge in [-0.2, -0.15) is 0 Å². The van der Waals surface area contributed by atoms with Crippen LogP contribution in [0.5, 0.6) is 0 Å². The Kier molecular flexibility index (Phi) is 4.31. The number of carboxylic acids is 1. The molecular formula is C7H5ClO2Zn. The van der Waals surface area contributed by atoms with Gasteiger partial charge < -0.3 is 5.11 Å². The van der Waals surface area contributed by atoms with Crippen LogP contribution in [0.25, 0.3) is 0 Å². The molecule has 0 fully saturated rings. The fourth-order valence-electron chi connectivity index (χ4n) is 0.622. The summed E-state index contributed by atoms with van der Waals surface area (Å²) in [5, 5.41) is 8.89. The van der Waals surface area contributed by atoms with E-state index in [4.69, 9.17) is 16.7 Å². The minimum Gasteiger partial charge on any atom is -0.478 e. The van der Waals surface area contributed by atoms with Crippen molar-refractivity contribution >= 4 is 17.6 Å². The van der Waals surface area contributed by atoms with E-state index in [2.05, 4.69) is 0 Å². The molecule has 54 valence electrons. The minimum absolute atomic E-state index is 0. The number of halogens is 1. The zero-order valence-corrected chi connectivity index (χ0v) is 9.47. The molecule has 0 bridgehead atoms. The molecule has 0 aliphatic carbocycles. The summed E-state index contributed by atoms with van der Waals surface area (Å²) in [6.07, 6.45) is 0. The maximum Gasteiger partial charge on any atom is 0.335 e. The molecule has 0 aliphatic rings. The second-order valence-electron chi connectivity index (χ2n) is 1.82. The first-order chi connectivity index (χ1) is 4.70. The van der Waals surface area contributed by atoms with Gasteiger partial charge >= 0.3 is 5.97 Å². The predicted molar refractivity (Wildman–Crippen MR) is 38.4 cm³/mol. The number of benzene rings is 1.